The Kier molecular flexibility index (Phi) is 5.38. The molecule has 20 heavy (non-hydrogen) atoms. The molecule has 0 aromatic heterocycles. The van der Waals surface area contributed by atoms with Crippen LogP contribution in [0.3, 0.4) is 0 Å². The van der Waals surface area contributed by atoms with Crippen molar-refractivity contribution in [2.24, 2.45) is 0 Å². The normalized spacial score (nSPS) is 17.1. The number of rotatable bonds is 5. The zero-order valence-electron chi connectivity index (χ0n) is 12.1. The van der Waals surface area contributed by atoms with E-state index in [0.29, 0.717) is 13.0 Å². The van der Waals surface area contributed by atoms with Crippen LogP contribution < -0.4 is 11.1 Å². The SMILES string of the molecule is CN1CCN(CCC(=O)NCc2ccc(N)cc2)CC1. The van der Waals surface area contributed by atoms with Crippen LogP contribution in [0.5, 0.6) is 0 Å². The third-order valence-corrected chi connectivity index (χ3v) is 3.72. The number of carbonyl (C=O) groups is 1. The van der Waals surface area contributed by atoms with Crippen LogP contribution in [0.25, 0.3) is 0 Å². The maximum absolute atomic E-state index is 11.8. The number of likely N-dealkylation sites (N-methyl/N-ethyl adjacent to an activating group) is 1. The molecule has 0 bridgehead atoms. The Hall–Kier alpha value is -1.59. The van der Waals surface area contributed by atoms with Gasteiger partial charge < -0.3 is 20.9 Å². The van der Waals surface area contributed by atoms with Crippen LogP contribution in [0.1, 0.15) is 12.0 Å². The van der Waals surface area contributed by atoms with Gasteiger partial charge in [0, 0.05) is 51.4 Å². The Labute approximate surface area is 120 Å². The fraction of sp³-hybridized carbons (Fsp3) is 0.533. The fourth-order valence-electron chi connectivity index (χ4n) is 2.26. The number of hydrogen-bond acceptors (Lipinski definition) is 4. The van der Waals surface area contributed by atoms with E-state index in [1.54, 1.807) is 0 Å². The molecule has 1 aliphatic rings. The molecular formula is C15H24N4O. The van der Waals surface area contributed by atoms with Crippen LogP contribution >= 0.6 is 0 Å². The van der Waals surface area contributed by atoms with Gasteiger partial charge in [0.2, 0.25) is 5.91 Å². The first kappa shape index (κ1) is 14.8. The first-order chi connectivity index (χ1) is 9.63. The Morgan fingerprint density at radius 3 is 2.50 bits per heavy atom. The standard InChI is InChI=1S/C15H24N4O/c1-18-8-10-19(11-9-18)7-6-15(20)17-12-13-2-4-14(16)5-3-13/h2-5H,6-12,16H2,1H3,(H,17,20). The summed E-state index contributed by atoms with van der Waals surface area (Å²) in [4.78, 5) is 16.5. The van der Waals surface area contributed by atoms with Crippen molar-refractivity contribution in [1.82, 2.24) is 15.1 Å². The Bertz CT molecular complexity index is 424. The molecule has 5 nitrogen and oxygen atoms in total. The summed E-state index contributed by atoms with van der Waals surface area (Å²) >= 11 is 0. The maximum Gasteiger partial charge on any atom is 0.221 e. The van der Waals surface area contributed by atoms with Gasteiger partial charge in [-0.15, -0.1) is 0 Å². The summed E-state index contributed by atoms with van der Waals surface area (Å²) in [6.45, 7) is 5.72. The summed E-state index contributed by atoms with van der Waals surface area (Å²) in [5.74, 6) is 0.112. The van der Waals surface area contributed by atoms with Gasteiger partial charge in [-0.3, -0.25) is 4.79 Å². The summed E-state index contributed by atoms with van der Waals surface area (Å²) in [5.41, 5.74) is 7.45. The van der Waals surface area contributed by atoms with E-state index in [9.17, 15) is 4.79 Å². The first-order valence-electron chi connectivity index (χ1n) is 7.15. The molecule has 0 spiro atoms. The van der Waals surface area contributed by atoms with E-state index < -0.39 is 0 Å². The fourth-order valence-corrected chi connectivity index (χ4v) is 2.26. The van der Waals surface area contributed by atoms with Gasteiger partial charge >= 0.3 is 0 Å². The van der Waals surface area contributed by atoms with Crippen LogP contribution in [-0.4, -0.2) is 55.5 Å². The van der Waals surface area contributed by atoms with Crippen LogP contribution in [0.4, 0.5) is 5.69 Å². The number of piperazine rings is 1. The zero-order valence-corrected chi connectivity index (χ0v) is 12.1. The van der Waals surface area contributed by atoms with E-state index in [2.05, 4.69) is 22.2 Å². The van der Waals surface area contributed by atoms with Gasteiger partial charge in [-0.2, -0.15) is 0 Å². The number of nitrogen functional groups attached to an aromatic ring is 1. The smallest absolute Gasteiger partial charge is 0.221 e. The van der Waals surface area contributed by atoms with Gasteiger partial charge in [-0.1, -0.05) is 12.1 Å². The highest BCUT2D eigenvalue weighted by Crippen LogP contribution is 2.05. The lowest BCUT2D eigenvalue weighted by Gasteiger charge is -2.32. The van der Waals surface area contributed by atoms with E-state index in [4.69, 9.17) is 5.73 Å². The Morgan fingerprint density at radius 1 is 1.20 bits per heavy atom. The molecule has 2 rings (SSSR count). The van der Waals surface area contributed by atoms with Crippen LogP contribution in [0, 0.1) is 0 Å². The summed E-state index contributed by atoms with van der Waals surface area (Å²) in [6, 6.07) is 7.59. The van der Waals surface area contributed by atoms with Crippen LogP contribution in [0.2, 0.25) is 0 Å². The molecule has 1 amide bonds. The number of nitrogens with two attached hydrogens (primary N) is 1. The molecule has 0 saturated carbocycles. The second-order valence-corrected chi connectivity index (χ2v) is 5.41. The third-order valence-electron chi connectivity index (χ3n) is 3.72. The molecule has 5 heteroatoms. The van der Waals surface area contributed by atoms with Gasteiger partial charge in [-0.25, -0.2) is 0 Å². The minimum atomic E-state index is 0.112. The molecule has 1 fully saturated rings. The van der Waals surface area contributed by atoms with Crippen molar-refractivity contribution >= 4 is 11.6 Å². The molecule has 0 radical (unpaired) electrons. The van der Waals surface area contributed by atoms with Crippen LogP contribution in [-0.2, 0) is 11.3 Å². The number of nitrogens with one attached hydrogen (secondary N) is 1. The Morgan fingerprint density at radius 2 is 1.85 bits per heavy atom. The lowest BCUT2D eigenvalue weighted by molar-refractivity contribution is -0.121. The van der Waals surface area contributed by atoms with Gasteiger partial charge in [0.25, 0.3) is 0 Å². The topological polar surface area (TPSA) is 61.6 Å². The van der Waals surface area contributed by atoms with Crippen molar-refractivity contribution in [3.63, 3.8) is 0 Å². The van der Waals surface area contributed by atoms with Crippen molar-refractivity contribution in [2.45, 2.75) is 13.0 Å². The molecular weight excluding hydrogens is 252 g/mol. The Balaban J connectivity index is 1.64. The summed E-state index contributed by atoms with van der Waals surface area (Å²) in [6.07, 6.45) is 0.568. The molecule has 0 unspecified atom stereocenters. The molecule has 0 aliphatic carbocycles. The molecule has 1 aromatic rings. The van der Waals surface area contributed by atoms with Crippen LogP contribution in [0.15, 0.2) is 24.3 Å². The third kappa shape index (κ3) is 4.83. The molecule has 110 valence electrons. The summed E-state index contributed by atoms with van der Waals surface area (Å²) in [5, 5.41) is 2.95. The second-order valence-electron chi connectivity index (χ2n) is 5.41. The monoisotopic (exact) mass is 276 g/mol. The predicted octanol–water partition coefficient (Wildman–Crippen LogP) is 0.523. The number of nitrogens with zero attached hydrogens (tertiary/aromatic N) is 2. The van der Waals surface area contributed by atoms with Crippen molar-refractivity contribution in [2.75, 3.05) is 45.5 Å². The van der Waals surface area contributed by atoms with E-state index in [1.165, 1.54) is 0 Å². The van der Waals surface area contributed by atoms with Gasteiger partial charge in [0.1, 0.15) is 0 Å². The highest BCUT2D eigenvalue weighted by atomic mass is 16.1. The van der Waals surface area contributed by atoms with E-state index >= 15 is 0 Å². The molecule has 1 heterocycles. The quantitative estimate of drug-likeness (QED) is 0.770. The highest BCUT2D eigenvalue weighted by Gasteiger charge is 2.14. The van der Waals surface area contributed by atoms with Crippen molar-refractivity contribution in [3.05, 3.63) is 29.8 Å². The van der Waals surface area contributed by atoms with Crippen molar-refractivity contribution in [1.29, 1.82) is 0 Å². The lowest BCUT2D eigenvalue weighted by Crippen LogP contribution is -2.45. The van der Waals surface area contributed by atoms with E-state index in [-0.39, 0.29) is 5.91 Å². The van der Waals surface area contributed by atoms with Gasteiger partial charge in [0.05, 0.1) is 0 Å². The first-order valence-corrected chi connectivity index (χ1v) is 7.15. The summed E-state index contributed by atoms with van der Waals surface area (Å²) < 4.78 is 0. The summed E-state index contributed by atoms with van der Waals surface area (Å²) in [7, 11) is 2.14. The molecule has 3 N–H and O–H groups in total. The molecule has 0 atom stereocenters. The lowest BCUT2D eigenvalue weighted by atomic mass is 10.2. The van der Waals surface area contributed by atoms with Crippen molar-refractivity contribution in [3.8, 4) is 0 Å². The number of amides is 1. The largest absolute Gasteiger partial charge is 0.399 e. The zero-order chi connectivity index (χ0) is 14.4. The maximum atomic E-state index is 11.8. The second kappa shape index (κ2) is 7.26. The number of anilines is 1. The average Bonchev–Trinajstić information content (AvgIpc) is 2.46. The minimum Gasteiger partial charge on any atom is -0.399 e. The molecule has 1 aliphatic heterocycles. The number of hydrogen-bond donors (Lipinski definition) is 2. The van der Waals surface area contributed by atoms with Gasteiger partial charge in [0.15, 0.2) is 0 Å². The van der Waals surface area contributed by atoms with Gasteiger partial charge in [-0.05, 0) is 24.7 Å². The molecule has 1 saturated heterocycles. The van der Waals surface area contributed by atoms with E-state index in [1.807, 2.05) is 24.3 Å². The van der Waals surface area contributed by atoms with E-state index in [0.717, 1.165) is 44.0 Å². The molecule has 1 aromatic carbocycles. The highest BCUT2D eigenvalue weighted by molar-refractivity contribution is 5.76. The van der Waals surface area contributed by atoms with Crippen molar-refractivity contribution < 1.29 is 4.79 Å². The average molecular weight is 276 g/mol. The predicted molar refractivity (Wildman–Crippen MR) is 81.3 cm³/mol. The number of benzene rings is 1. The number of carbonyl (C=O) groups excluding carboxylic acids is 1. The minimum absolute atomic E-state index is 0.112.